The highest BCUT2D eigenvalue weighted by Gasteiger charge is 2.61. The molecule has 3 aliphatic carbocycles. The number of carbonyl (C=O) groups is 2. The molecular formula is C39H45N4O7P. The second-order valence-corrected chi connectivity index (χ2v) is 16.5. The van der Waals surface area contributed by atoms with Crippen molar-refractivity contribution < 1.29 is 33.6 Å². The summed E-state index contributed by atoms with van der Waals surface area (Å²) in [5.74, 6) is 3.46. The molecule has 3 heterocycles. The van der Waals surface area contributed by atoms with E-state index >= 15 is 0 Å². The predicted octanol–water partition coefficient (Wildman–Crippen LogP) is 4.88. The van der Waals surface area contributed by atoms with Gasteiger partial charge < -0.3 is 24.3 Å². The van der Waals surface area contributed by atoms with Crippen molar-refractivity contribution >= 4 is 36.2 Å². The quantitative estimate of drug-likeness (QED) is 0.249. The van der Waals surface area contributed by atoms with E-state index in [2.05, 4.69) is 28.8 Å². The topological polar surface area (TPSA) is 144 Å². The van der Waals surface area contributed by atoms with E-state index in [0.29, 0.717) is 68.8 Å². The number of phosphoric ester groups is 1. The largest absolute Gasteiger partial charge is 0.524 e. The average Bonchev–Trinajstić information content (AvgIpc) is 3.72. The van der Waals surface area contributed by atoms with Crippen molar-refractivity contribution in [3.05, 3.63) is 65.4 Å². The molecule has 0 unspecified atom stereocenters. The van der Waals surface area contributed by atoms with Crippen molar-refractivity contribution in [1.82, 2.24) is 14.8 Å². The lowest BCUT2D eigenvalue weighted by atomic mass is 9.53. The Labute approximate surface area is 298 Å². The maximum Gasteiger partial charge on any atom is 0.524 e. The molecule has 3 N–H and O–H groups in total. The van der Waals surface area contributed by atoms with Crippen LogP contribution in [0.25, 0.3) is 10.9 Å². The van der Waals surface area contributed by atoms with Crippen molar-refractivity contribution in [3.63, 3.8) is 0 Å². The molecule has 6 atom stereocenters. The van der Waals surface area contributed by atoms with E-state index in [9.17, 15) is 29.0 Å². The van der Waals surface area contributed by atoms with Crippen LogP contribution in [-0.4, -0.2) is 85.9 Å². The van der Waals surface area contributed by atoms with Crippen LogP contribution in [0.1, 0.15) is 79.4 Å². The molecule has 12 heteroatoms. The number of carbonyl (C=O) groups excluding carboxylic acids is 2. The number of nitrogens with zero attached hydrogens (tertiary/aromatic N) is 4. The van der Waals surface area contributed by atoms with Gasteiger partial charge in [-0.3, -0.25) is 19.4 Å². The second-order valence-electron chi connectivity index (χ2n) is 15.4. The van der Waals surface area contributed by atoms with Gasteiger partial charge in [0.1, 0.15) is 17.3 Å². The molecule has 268 valence electrons. The van der Waals surface area contributed by atoms with Crippen molar-refractivity contribution in [3.8, 4) is 18.1 Å². The molecule has 0 spiro atoms. The van der Waals surface area contributed by atoms with Gasteiger partial charge in [-0.05, 0) is 105 Å². The molecule has 3 aromatic rings. The van der Waals surface area contributed by atoms with Gasteiger partial charge in [-0.25, -0.2) is 9.55 Å². The number of fused-ring (bicyclic) bond motifs is 6. The van der Waals surface area contributed by atoms with Crippen LogP contribution < -0.4 is 9.42 Å². The molecule has 11 nitrogen and oxygen atoms in total. The number of anilines is 1. The molecule has 0 bridgehead atoms. The molecule has 4 fully saturated rings. The maximum absolute atomic E-state index is 13.9. The molecular weight excluding hydrogens is 667 g/mol. The van der Waals surface area contributed by atoms with Crippen molar-refractivity contribution in [2.75, 3.05) is 37.6 Å². The number of terminal acetylenes is 1. The van der Waals surface area contributed by atoms with Gasteiger partial charge in [0.05, 0.1) is 11.2 Å². The van der Waals surface area contributed by atoms with Crippen LogP contribution >= 0.6 is 7.82 Å². The number of likely N-dealkylation sites (tertiary alicyclic amines) is 1. The SMILES string of the molecule is C#C[C@@]1(O)CC[C@H]2[C@@H]3CCc4cc(OP(=O)(O)O)c(N5CCN(C(=O)[C@@H]6CCCN6C(=O)c6ccc7ccccc7n6)CC5)cc4[C@H]3CC[C@@]21C. The molecule has 1 aromatic heterocycles. The molecule has 0 radical (unpaired) electrons. The highest BCUT2D eigenvalue weighted by molar-refractivity contribution is 7.46. The van der Waals surface area contributed by atoms with Gasteiger partial charge in [0.25, 0.3) is 5.91 Å². The minimum atomic E-state index is -4.85. The summed E-state index contributed by atoms with van der Waals surface area (Å²) in [5, 5.41) is 12.3. The Bertz CT molecular complexity index is 1990. The van der Waals surface area contributed by atoms with Gasteiger partial charge in [0.15, 0.2) is 5.75 Å². The summed E-state index contributed by atoms with van der Waals surface area (Å²) in [6, 6.07) is 14.5. The van der Waals surface area contributed by atoms with E-state index < -0.39 is 19.5 Å². The minimum absolute atomic E-state index is 0.0880. The summed E-state index contributed by atoms with van der Waals surface area (Å²) in [7, 11) is -4.85. The predicted molar refractivity (Wildman–Crippen MR) is 192 cm³/mol. The first-order chi connectivity index (χ1) is 24.4. The minimum Gasteiger partial charge on any atom is -0.402 e. The number of hydrogen-bond acceptors (Lipinski definition) is 7. The van der Waals surface area contributed by atoms with E-state index in [0.717, 1.165) is 55.0 Å². The van der Waals surface area contributed by atoms with Crippen molar-refractivity contribution in [1.29, 1.82) is 0 Å². The average molecular weight is 713 g/mol. The lowest BCUT2D eigenvalue weighted by Crippen LogP contribution is -2.54. The number of aliphatic hydroxyl groups is 1. The fraction of sp³-hybridized carbons (Fsp3) is 0.513. The van der Waals surface area contributed by atoms with Crippen LogP contribution in [0.3, 0.4) is 0 Å². The maximum atomic E-state index is 13.9. The fourth-order valence-electron chi connectivity index (χ4n) is 10.3. The highest BCUT2D eigenvalue weighted by Crippen LogP contribution is 2.64. The summed E-state index contributed by atoms with van der Waals surface area (Å²) in [6.07, 6.45) is 12.1. The smallest absolute Gasteiger partial charge is 0.402 e. The zero-order valence-electron chi connectivity index (χ0n) is 28.9. The highest BCUT2D eigenvalue weighted by atomic mass is 31.2. The summed E-state index contributed by atoms with van der Waals surface area (Å²) in [4.78, 5) is 57.4. The van der Waals surface area contributed by atoms with Crippen molar-refractivity contribution in [2.24, 2.45) is 17.3 Å². The Balaban J connectivity index is 1.00. The van der Waals surface area contributed by atoms with Crippen LogP contribution in [0.4, 0.5) is 5.69 Å². The van der Waals surface area contributed by atoms with E-state index in [-0.39, 0.29) is 28.9 Å². The molecule has 5 aliphatic rings. The van der Waals surface area contributed by atoms with E-state index in [1.54, 1.807) is 21.9 Å². The van der Waals surface area contributed by atoms with E-state index in [1.165, 1.54) is 5.56 Å². The number of aryl methyl sites for hydroxylation is 1. The Morgan fingerprint density at radius 2 is 1.78 bits per heavy atom. The van der Waals surface area contributed by atoms with Gasteiger partial charge in [-0.2, -0.15) is 0 Å². The molecule has 2 aromatic carbocycles. The fourth-order valence-corrected chi connectivity index (χ4v) is 10.7. The number of aromatic nitrogens is 1. The molecule has 2 amide bonds. The van der Waals surface area contributed by atoms with Crippen molar-refractivity contribution in [2.45, 2.75) is 75.9 Å². The summed E-state index contributed by atoms with van der Waals surface area (Å²) < 4.78 is 17.5. The molecule has 2 saturated carbocycles. The monoisotopic (exact) mass is 712 g/mol. The second kappa shape index (κ2) is 12.6. The number of rotatable bonds is 5. The van der Waals surface area contributed by atoms with Gasteiger partial charge in [0, 0.05) is 43.5 Å². The number of hydrogen-bond donors (Lipinski definition) is 3. The van der Waals surface area contributed by atoms with Gasteiger partial charge >= 0.3 is 7.82 Å². The molecule has 2 saturated heterocycles. The number of pyridine rings is 1. The zero-order chi connectivity index (χ0) is 35.7. The number of piperazine rings is 1. The van der Waals surface area contributed by atoms with Crippen LogP contribution in [-0.2, 0) is 15.8 Å². The third kappa shape index (κ3) is 5.81. The number of amides is 2. The van der Waals surface area contributed by atoms with E-state index in [4.69, 9.17) is 10.9 Å². The Kier molecular flexibility index (Phi) is 8.46. The Morgan fingerprint density at radius 3 is 2.55 bits per heavy atom. The Morgan fingerprint density at radius 1 is 1.00 bits per heavy atom. The Hall–Kier alpha value is -3.94. The molecule has 51 heavy (non-hydrogen) atoms. The summed E-state index contributed by atoms with van der Waals surface area (Å²) >= 11 is 0. The number of phosphoric acid groups is 1. The first kappa shape index (κ1) is 34.2. The number of para-hydroxylation sites is 1. The lowest BCUT2D eigenvalue weighted by molar-refractivity contribution is -0.135. The molecule has 8 rings (SSSR count). The van der Waals surface area contributed by atoms with Crippen LogP contribution in [0, 0.1) is 29.6 Å². The van der Waals surface area contributed by atoms with Gasteiger partial charge in [-0.15, -0.1) is 6.42 Å². The van der Waals surface area contributed by atoms with Gasteiger partial charge in [0.2, 0.25) is 5.91 Å². The number of benzene rings is 2. The lowest BCUT2D eigenvalue weighted by Gasteiger charge is -2.52. The first-order valence-corrected chi connectivity index (χ1v) is 19.7. The first-order valence-electron chi connectivity index (χ1n) is 18.2. The summed E-state index contributed by atoms with van der Waals surface area (Å²) in [6.45, 7) is 4.33. The summed E-state index contributed by atoms with van der Waals surface area (Å²) in [5.41, 5.74) is 2.47. The molecule has 2 aliphatic heterocycles. The third-order valence-electron chi connectivity index (χ3n) is 13.0. The normalized spacial score (nSPS) is 30.4. The van der Waals surface area contributed by atoms with Crippen LogP contribution in [0.2, 0.25) is 0 Å². The standard InChI is InChI=1S/C39H45N4O7P/c1-3-39(46)17-15-30-28-12-10-26-23-35(50-51(47,48)49)34(24-29(26)27(28)14-16-38(30,39)2)41-19-21-42(22-20-41)37(45)33-9-6-18-43(33)36(44)32-13-11-25-7-4-5-8-31(25)40-32/h1,4-5,7-8,11,13,23-24,27-28,30,33,46H,6,9-10,12,14-22H2,2H3,(H2,47,48,49)/t27-,28+,30-,33-,38-,39+/m0/s1. The van der Waals surface area contributed by atoms with E-state index in [1.807, 2.05) is 30.3 Å². The zero-order valence-corrected chi connectivity index (χ0v) is 29.8. The van der Waals surface area contributed by atoms with Crippen LogP contribution in [0.15, 0.2) is 48.5 Å². The van der Waals surface area contributed by atoms with Gasteiger partial charge in [-0.1, -0.05) is 37.1 Å². The van der Waals surface area contributed by atoms with Crippen LogP contribution in [0.5, 0.6) is 5.75 Å². The third-order valence-corrected chi connectivity index (χ3v) is 13.4.